The Morgan fingerprint density at radius 1 is 1.69 bits per heavy atom. The van der Waals surface area contributed by atoms with Gasteiger partial charge in [0.1, 0.15) is 6.26 Å². The zero-order valence-electron chi connectivity index (χ0n) is 9.52. The second-order valence-electron chi connectivity index (χ2n) is 3.90. The summed E-state index contributed by atoms with van der Waals surface area (Å²) in [6.07, 6.45) is 4.45. The quantitative estimate of drug-likeness (QED) is 0.771. The van der Waals surface area contributed by atoms with E-state index in [1.165, 1.54) is 0 Å². The number of nitrogens with zero attached hydrogens (tertiary/aromatic N) is 1. The van der Waals surface area contributed by atoms with Crippen molar-refractivity contribution in [1.29, 1.82) is 0 Å². The maximum Gasteiger partial charge on any atom is 0.255 e. The number of nitrogens with one attached hydrogen (secondary N) is 1. The molecule has 1 saturated heterocycles. The van der Waals surface area contributed by atoms with Gasteiger partial charge in [-0.25, -0.2) is 4.98 Å². The van der Waals surface area contributed by atoms with Crippen LogP contribution in [0, 0.1) is 5.92 Å². The predicted molar refractivity (Wildman–Crippen MR) is 63.6 cm³/mol. The highest BCUT2D eigenvalue weighted by molar-refractivity contribution is 7.99. The summed E-state index contributed by atoms with van der Waals surface area (Å²) in [6.45, 7) is 4.91. The van der Waals surface area contributed by atoms with Gasteiger partial charge < -0.3 is 14.5 Å². The number of ether oxygens (including phenoxy) is 1. The molecule has 0 saturated carbocycles. The van der Waals surface area contributed by atoms with E-state index in [1.807, 2.05) is 0 Å². The molecule has 2 rings (SSSR count). The van der Waals surface area contributed by atoms with Crippen molar-refractivity contribution in [2.75, 3.05) is 25.5 Å². The summed E-state index contributed by atoms with van der Waals surface area (Å²) >= 11 is 1.67. The largest absolute Gasteiger partial charge is 0.440 e. The fourth-order valence-electron chi connectivity index (χ4n) is 1.94. The van der Waals surface area contributed by atoms with Crippen LogP contribution in [0.1, 0.15) is 13.3 Å². The average molecular weight is 242 g/mol. The average Bonchev–Trinajstić information content (AvgIpc) is 2.96. The molecule has 1 fully saturated rings. The van der Waals surface area contributed by atoms with Crippen molar-refractivity contribution in [1.82, 2.24) is 10.3 Å². The Balaban J connectivity index is 1.82. The predicted octanol–water partition coefficient (Wildman–Crippen LogP) is 1.78. The molecule has 2 atom stereocenters. The molecule has 1 aromatic rings. The van der Waals surface area contributed by atoms with Crippen LogP contribution in [0.2, 0.25) is 0 Å². The van der Waals surface area contributed by atoms with Crippen LogP contribution in [0.5, 0.6) is 0 Å². The van der Waals surface area contributed by atoms with E-state index in [9.17, 15) is 0 Å². The van der Waals surface area contributed by atoms with Gasteiger partial charge in [0.15, 0.2) is 0 Å². The second kappa shape index (κ2) is 6.27. The number of rotatable bonds is 6. The Labute approximate surface area is 100 Å². The number of hydrogen-bond donors (Lipinski definition) is 1. The van der Waals surface area contributed by atoms with Crippen LogP contribution in [-0.4, -0.2) is 36.5 Å². The van der Waals surface area contributed by atoms with Crippen LogP contribution < -0.4 is 5.32 Å². The molecule has 0 aliphatic carbocycles. The van der Waals surface area contributed by atoms with Crippen molar-refractivity contribution in [3.05, 3.63) is 12.5 Å². The van der Waals surface area contributed by atoms with Gasteiger partial charge in [0.2, 0.25) is 0 Å². The lowest BCUT2D eigenvalue weighted by atomic mass is 10.0. The molecule has 90 valence electrons. The van der Waals surface area contributed by atoms with Crippen molar-refractivity contribution in [3.8, 4) is 0 Å². The van der Waals surface area contributed by atoms with E-state index in [0.29, 0.717) is 12.0 Å². The SMILES string of the molecule is CCNC(CSc1ncco1)C1CCOC1. The third kappa shape index (κ3) is 3.23. The molecule has 1 aromatic heterocycles. The van der Waals surface area contributed by atoms with Crippen LogP contribution >= 0.6 is 11.8 Å². The van der Waals surface area contributed by atoms with E-state index in [0.717, 1.165) is 37.2 Å². The van der Waals surface area contributed by atoms with Crippen molar-refractivity contribution in [2.24, 2.45) is 5.92 Å². The molecule has 4 nitrogen and oxygen atoms in total. The van der Waals surface area contributed by atoms with Crippen molar-refractivity contribution in [3.63, 3.8) is 0 Å². The highest BCUT2D eigenvalue weighted by Gasteiger charge is 2.25. The van der Waals surface area contributed by atoms with Gasteiger partial charge >= 0.3 is 0 Å². The standard InChI is InChI=1S/C11H18N2O2S/c1-2-12-10(9-3-5-14-7-9)8-16-11-13-4-6-15-11/h4,6,9-10,12H,2-3,5,7-8H2,1H3. The summed E-state index contributed by atoms with van der Waals surface area (Å²) in [5, 5.41) is 4.27. The first-order chi connectivity index (χ1) is 7.90. The minimum absolute atomic E-state index is 0.490. The summed E-state index contributed by atoms with van der Waals surface area (Å²) in [6, 6.07) is 0.490. The van der Waals surface area contributed by atoms with Crippen LogP contribution in [0.4, 0.5) is 0 Å². The van der Waals surface area contributed by atoms with Gasteiger partial charge in [-0.15, -0.1) is 0 Å². The van der Waals surface area contributed by atoms with E-state index in [2.05, 4.69) is 17.2 Å². The molecule has 0 amide bonds. The summed E-state index contributed by atoms with van der Waals surface area (Å²) in [5.41, 5.74) is 0. The molecule has 0 aromatic carbocycles. The minimum atomic E-state index is 0.490. The first kappa shape index (κ1) is 12.0. The molecule has 2 unspecified atom stereocenters. The first-order valence-corrected chi connectivity index (χ1v) is 6.72. The van der Waals surface area contributed by atoms with Crippen molar-refractivity contribution < 1.29 is 9.15 Å². The number of hydrogen-bond acceptors (Lipinski definition) is 5. The molecule has 1 N–H and O–H groups in total. The normalized spacial score (nSPS) is 22.4. The van der Waals surface area contributed by atoms with Gasteiger partial charge in [0, 0.05) is 24.3 Å². The van der Waals surface area contributed by atoms with Gasteiger partial charge in [-0.3, -0.25) is 0 Å². The monoisotopic (exact) mass is 242 g/mol. The van der Waals surface area contributed by atoms with Gasteiger partial charge in [-0.2, -0.15) is 0 Å². The summed E-state index contributed by atoms with van der Waals surface area (Å²) in [7, 11) is 0. The molecular weight excluding hydrogens is 224 g/mol. The Morgan fingerprint density at radius 2 is 2.62 bits per heavy atom. The van der Waals surface area contributed by atoms with Crippen LogP contribution in [-0.2, 0) is 4.74 Å². The summed E-state index contributed by atoms with van der Waals surface area (Å²) in [5.74, 6) is 1.62. The topological polar surface area (TPSA) is 47.3 Å². The van der Waals surface area contributed by atoms with E-state index >= 15 is 0 Å². The van der Waals surface area contributed by atoms with Gasteiger partial charge in [-0.1, -0.05) is 18.7 Å². The maximum atomic E-state index is 5.43. The van der Waals surface area contributed by atoms with Crippen LogP contribution in [0.15, 0.2) is 22.1 Å². The van der Waals surface area contributed by atoms with E-state index in [4.69, 9.17) is 9.15 Å². The lowest BCUT2D eigenvalue weighted by molar-refractivity contribution is 0.179. The molecule has 5 heteroatoms. The van der Waals surface area contributed by atoms with Gasteiger partial charge in [0.05, 0.1) is 12.8 Å². The Morgan fingerprint density at radius 3 is 3.25 bits per heavy atom. The smallest absolute Gasteiger partial charge is 0.255 e. The zero-order chi connectivity index (χ0) is 11.2. The molecule has 2 heterocycles. The second-order valence-corrected chi connectivity index (χ2v) is 4.87. The first-order valence-electron chi connectivity index (χ1n) is 5.73. The van der Waals surface area contributed by atoms with E-state index in [1.54, 1.807) is 24.2 Å². The molecule has 0 radical (unpaired) electrons. The third-order valence-electron chi connectivity index (χ3n) is 2.80. The highest BCUT2D eigenvalue weighted by atomic mass is 32.2. The molecule has 0 bridgehead atoms. The Bertz CT molecular complexity index is 286. The van der Waals surface area contributed by atoms with E-state index in [-0.39, 0.29) is 0 Å². The van der Waals surface area contributed by atoms with Crippen molar-refractivity contribution >= 4 is 11.8 Å². The molecule has 1 aliphatic heterocycles. The molecule has 16 heavy (non-hydrogen) atoms. The number of thioether (sulfide) groups is 1. The third-order valence-corrected chi connectivity index (χ3v) is 3.77. The lowest BCUT2D eigenvalue weighted by Gasteiger charge is -2.22. The van der Waals surface area contributed by atoms with Gasteiger partial charge in [-0.05, 0) is 13.0 Å². The minimum Gasteiger partial charge on any atom is -0.440 e. The fourth-order valence-corrected chi connectivity index (χ4v) is 2.91. The van der Waals surface area contributed by atoms with E-state index < -0.39 is 0 Å². The summed E-state index contributed by atoms with van der Waals surface area (Å²) < 4.78 is 10.7. The zero-order valence-corrected chi connectivity index (χ0v) is 10.3. The summed E-state index contributed by atoms with van der Waals surface area (Å²) in [4.78, 5) is 4.11. The maximum absolute atomic E-state index is 5.43. The van der Waals surface area contributed by atoms with Gasteiger partial charge in [0.25, 0.3) is 5.22 Å². The van der Waals surface area contributed by atoms with Crippen molar-refractivity contribution in [2.45, 2.75) is 24.6 Å². The Hall–Kier alpha value is -0.520. The lowest BCUT2D eigenvalue weighted by Crippen LogP contribution is -2.38. The molecular formula is C11H18N2O2S. The fraction of sp³-hybridized carbons (Fsp3) is 0.727. The van der Waals surface area contributed by atoms with Crippen LogP contribution in [0.25, 0.3) is 0 Å². The number of oxazole rings is 1. The van der Waals surface area contributed by atoms with Crippen LogP contribution in [0.3, 0.4) is 0 Å². The Kier molecular flexibility index (Phi) is 4.69. The number of aromatic nitrogens is 1. The highest BCUT2D eigenvalue weighted by Crippen LogP contribution is 2.23. The molecule has 1 aliphatic rings. The molecule has 0 spiro atoms.